The minimum atomic E-state index is -3.77. The van der Waals surface area contributed by atoms with Gasteiger partial charge in [-0.3, -0.25) is 0 Å². The quantitative estimate of drug-likeness (QED) is 0.456. The molecule has 0 saturated carbocycles. The second-order valence-corrected chi connectivity index (χ2v) is 9.54. The standard InChI is InChI=1S/C23H26N4O3S/c1-15-23(16(2)30-26-15)31(28,29)25-14-20(17-9-11-18(12-10-17)27(3)4)21-13-24-22-8-6-5-7-19(21)22/h5-13,20,24-25H,14H2,1-4H3. The second kappa shape index (κ2) is 8.20. The SMILES string of the molecule is Cc1noc(C)c1S(=O)(=O)NCC(c1ccc(N(C)C)cc1)c1c[nH]c2ccccc12. The van der Waals surface area contributed by atoms with Gasteiger partial charge in [-0.2, -0.15) is 0 Å². The molecule has 2 aromatic carbocycles. The van der Waals surface area contributed by atoms with E-state index in [-0.39, 0.29) is 23.1 Å². The van der Waals surface area contributed by atoms with Gasteiger partial charge in [0.05, 0.1) is 0 Å². The highest BCUT2D eigenvalue weighted by atomic mass is 32.2. The Labute approximate surface area is 182 Å². The molecule has 2 aromatic heterocycles. The minimum absolute atomic E-state index is 0.105. The summed E-state index contributed by atoms with van der Waals surface area (Å²) >= 11 is 0. The van der Waals surface area contributed by atoms with Gasteiger partial charge < -0.3 is 14.4 Å². The van der Waals surface area contributed by atoms with Crippen LogP contribution < -0.4 is 9.62 Å². The van der Waals surface area contributed by atoms with Crippen LogP contribution in [0.15, 0.2) is 64.1 Å². The molecule has 31 heavy (non-hydrogen) atoms. The van der Waals surface area contributed by atoms with Crippen molar-refractivity contribution >= 4 is 26.6 Å². The number of nitrogens with one attached hydrogen (secondary N) is 2. The van der Waals surface area contributed by atoms with Gasteiger partial charge in [-0.15, -0.1) is 0 Å². The molecular weight excluding hydrogens is 412 g/mol. The molecule has 4 aromatic rings. The lowest BCUT2D eigenvalue weighted by molar-refractivity contribution is 0.390. The van der Waals surface area contributed by atoms with Crippen molar-refractivity contribution in [2.45, 2.75) is 24.7 Å². The van der Waals surface area contributed by atoms with Crippen molar-refractivity contribution in [3.63, 3.8) is 0 Å². The number of hydrogen-bond acceptors (Lipinski definition) is 5. The van der Waals surface area contributed by atoms with Crippen LogP contribution in [0.4, 0.5) is 5.69 Å². The Morgan fingerprint density at radius 3 is 2.45 bits per heavy atom. The molecular formula is C23H26N4O3S. The first-order chi connectivity index (χ1) is 14.8. The first-order valence-corrected chi connectivity index (χ1v) is 11.5. The van der Waals surface area contributed by atoms with Crippen LogP contribution in [0.3, 0.4) is 0 Å². The lowest BCUT2D eigenvalue weighted by Crippen LogP contribution is -2.29. The van der Waals surface area contributed by atoms with E-state index in [2.05, 4.69) is 14.9 Å². The minimum Gasteiger partial charge on any atom is -0.378 e. The summed E-state index contributed by atoms with van der Waals surface area (Å²) in [7, 11) is 0.208. The third kappa shape index (κ3) is 4.08. The summed E-state index contributed by atoms with van der Waals surface area (Å²) < 4.78 is 33.9. The summed E-state index contributed by atoms with van der Waals surface area (Å²) in [6.45, 7) is 3.43. The van der Waals surface area contributed by atoms with E-state index in [0.717, 1.165) is 27.7 Å². The number of aromatic nitrogens is 2. The van der Waals surface area contributed by atoms with Crippen LogP contribution in [0.1, 0.15) is 28.5 Å². The number of rotatable bonds is 7. The average Bonchev–Trinajstić information content (AvgIpc) is 3.32. The van der Waals surface area contributed by atoms with Gasteiger partial charge >= 0.3 is 0 Å². The van der Waals surface area contributed by atoms with Gasteiger partial charge in [-0.25, -0.2) is 13.1 Å². The fraction of sp³-hybridized carbons (Fsp3) is 0.261. The Hall–Kier alpha value is -3.10. The molecule has 4 rings (SSSR count). The predicted molar refractivity (Wildman–Crippen MR) is 122 cm³/mol. The Bertz CT molecular complexity index is 1280. The molecule has 0 fully saturated rings. The summed E-state index contributed by atoms with van der Waals surface area (Å²) in [5, 5.41) is 4.85. The molecule has 0 radical (unpaired) electrons. The van der Waals surface area contributed by atoms with Gasteiger partial charge in [0, 0.05) is 49.3 Å². The van der Waals surface area contributed by atoms with E-state index >= 15 is 0 Å². The highest BCUT2D eigenvalue weighted by Gasteiger charge is 2.27. The first kappa shape index (κ1) is 21.1. The summed E-state index contributed by atoms with van der Waals surface area (Å²) in [6, 6.07) is 16.2. The molecule has 0 bridgehead atoms. The van der Waals surface area contributed by atoms with Crippen LogP contribution in [0.5, 0.6) is 0 Å². The highest BCUT2D eigenvalue weighted by molar-refractivity contribution is 7.89. The van der Waals surface area contributed by atoms with Crippen molar-refractivity contribution in [3.8, 4) is 0 Å². The third-order valence-electron chi connectivity index (χ3n) is 5.52. The van der Waals surface area contributed by atoms with E-state index in [0.29, 0.717) is 5.69 Å². The second-order valence-electron chi connectivity index (χ2n) is 7.83. The molecule has 0 saturated heterocycles. The molecule has 2 heterocycles. The molecule has 0 aliphatic heterocycles. The lowest BCUT2D eigenvalue weighted by atomic mass is 9.91. The van der Waals surface area contributed by atoms with E-state index in [1.165, 1.54) is 0 Å². The average molecular weight is 439 g/mol. The van der Waals surface area contributed by atoms with E-state index < -0.39 is 10.0 Å². The van der Waals surface area contributed by atoms with Crippen molar-refractivity contribution in [1.29, 1.82) is 0 Å². The van der Waals surface area contributed by atoms with Crippen LogP contribution >= 0.6 is 0 Å². The number of hydrogen-bond donors (Lipinski definition) is 2. The van der Waals surface area contributed by atoms with Crippen LogP contribution in [-0.4, -0.2) is 39.2 Å². The highest BCUT2D eigenvalue weighted by Crippen LogP contribution is 2.32. The Morgan fingerprint density at radius 1 is 1.10 bits per heavy atom. The fourth-order valence-corrected chi connectivity index (χ4v) is 5.29. The van der Waals surface area contributed by atoms with Gasteiger partial charge in [-0.05, 0) is 43.2 Å². The van der Waals surface area contributed by atoms with Gasteiger partial charge in [0.25, 0.3) is 0 Å². The van der Waals surface area contributed by atoms with Crippen molar-refractivity contribution in [3.05, 3.63) is 77.3 Å². The smallest absolute Gasteiger partial charge is 0.245 e. The number of nitrogens with zero attached hydrogens (tertiary/aromatic N) is 2. The normalized spacial score (nSPS) is 12.9. The zero-order valence-corrected chi connectivity index (χ0v) is 18.8. The number of H-pyrrole nitrogens is 1. The van der Waals surface area contributed by atoms with Crippen molar-refractivity contribution in [2.75, 3.05) is 25.5 Å². The molecule has 1 unspecified atom stereocenters. The number of benzene rings is 2. The van der Waals surface area contributed by atoms with Gasteiger partial charge in [0.1, 0.15) is 10.6 Å². The van der Waals surface area contributed by atoms with Gasteiger partial charge in [0.2, 0.25) is 10.0 Å². The Kier molecular flexibility index (Phi) is 5.60. The Balaban J connectivity index is 1.72. The predicted octanol–water partition coefficient (Wildman–Crippen LogP) is 3.95. The monoisotopic (exact) mass is 438 g/mol. The molecule has 0 amide bonds. The zero-order chi connectivity index (χ0) is 22.2. The maximum Gasteiger partial charge on any atom is 0.245 e. The van der Waals surface area contributed by atoms with Crippen molar-refractivity contribution in [1.82, 2.24) is 14.9 Å². The van der Waals surface area contributed by atoms with E-state index in [1.54, 1.807) is 13.8 Å². The number of para-hydroxylation sites is 1. The maximum atomic E-state index is 13.0. The summed E-state index contributed by atoms with van der Waals surface area (Å²) in [5.41, 5.74) is 4.51. The molecule has 8 heteroatoms. The molecule has 0 aliphatic rings. The van der Waals surface area contributed by atoms with Gasteiger partial charge in [0.15, 0.2) is 5.76 Å². The molecule has 0 aliphatic carbocycles. The molecule has 162 valence electrons. The van der Waals surface area contributed by atoms with E-state index in [1.807, 2.05) is 73.7 Å². The molecule has 0 spiro atoms. The summed E-state index contributed by atoms with van der Waals surface area (Å²) in [4.78, 5) is 5.44. The zero-order valence-electron chi connectivity index (χ0n) is 18.0. The van der Waals surface area contributed by atoms with Crippen LogP contribution in [-0.2, 0) is 10.0 Å². The van der Waals surface area contributed by atoms with Crippen molar-refractivity contribution in [2.24, 2.45) is 0 Å². The summed E-state index contributed by atoms with van der Waals surface area (Å²) in [5.74, 6) is 0.103. The van der Waals surface area contributed by atoms with Crippen LogP contribution in [0.25, 0.3) is 10.9 Å². The maximum absolute atomic E-state index is 13.0. The van der Waals surface area contributed by atoms with Gasteiger partial charge in [-0.1, -0.05) is 35.5 Å². The Morgan fingerprint density at radius 2 is 1.81 bits per heavy atom. The molecule has 2 N–H and O–H groups in total. The fourth-order valence-electron chi connectivity index (χ4n) is 3.92. The van der Waals surface area contributed by atoms with E-state index in [4.69, 9.17) is 4.52 Å². The molecule has 1 atom stereocenters. The van der Waals surface area contributed by atoms with E-state index in [9.17, 15) is 8.42 Å². The lowest BCUT2D eigenvalue weighted by Gasteiger charge is -2.20. The number of fused-ring (bicyclic) bond motifs is 1. The largest absolute Gasteiger partial charge is 0.378 e. The topological polar surface area (TPSA) is 91.2 Å². The van der Waals surface area contributed by atoms with Crippen LogP contribution in [0.2, 0.25) is 0 Å². The first-order valence-electron chi connectivity index (χ1n) is 10.0. The number of aromatic amines is 1. The summed E-state index contributed by atoms with van der Waals surface area (Å²) in [6.07, 6.45) is 1.96. The van der Waals surface area contributed by atoms with Crippen LogP contribution in [0, 0.1) is 13.8 Å². The number of sulfonamides is 1. The number of anilines is 1. The third-order valence-corrected chi connectivity index (χ3v) is 7.19. The molecule has 7 nitrogen and oxygen atoms in total. The van der Waals surface area contributed by atoms with Crippen molar-refractivity contribution < 1.29 is 12.9 Å². The number of aryl methyl sites for hydroxylation is 2.